The zero-order chi connectivity index (χ0) is 10.7. The third-order valence-corrected chi connectivity index (χ3v) is 3.33. The summed E-state index contributed by atoms with van der Waals surface area (Å²) in [4.78, 5) is 12.0. The molecule has 0 amide bonds. The van der Waals surface area contributed by atoms with Gasteiger partial charge in [0.1, 0.15) is 5.38 Å². The second-order valence-corrected chi connectivity index (χ2v) is 4.50. The van der Waals surface area contributed by atoms with Gasteiger partial charge in [0.25, 0.3) is 0 Å². The smallest absolute Gasteiger partial charge is 0.152 e. The molecule has 14 heavy (non-hydrogen) atoms. The van der Waals surface area contributed by atoms with E-state index in [4.69, 9.17) is 11.6 Å². The van der Waals surface area contributed by atoms with E-state index in [-0.39, 0.29) is 5.78 Å². The Kier molecular flexibility index (Phi) is 4.48. The van der Waals surface area contributed by atoms with Crippen molar-refractivity contribution in [2.24, 2.45) is 0 Å². The maximum absolute atomic E-state index is 11.2. The van der Waals surface area contributed by atoms with Crippen LogP contribution in [0.5, 0.6) is 0 Å². The molecule has 0 N–H and O–H groups in total. The van der Waals surface area contributed by atoms with Crippen LogP contribution in [0.25, 0.3) is 0 Å². The summed E-state index contributed by atoms with van der Waals surface area (Å²) in [5, 5.41) is 0.113. The summed E-state index contributed by atoms with van der Waals surface area (Å²) in [6.45, 7) is 1.49. The Bertz CT molecular complexity index is 354. The van der Waals surface area contributed by atoms with Crippen molar-refractivity contribution in [1.82, 2.24) is 0 Å². The highest BCUT2D eigenvalue weighted by Crippen LogP contribution is 2.28. The molecule has 0 bridgehead atoms. The van der Waals surface area contributed by atoms with E-state index >= 15 is 0 Å². The Balaban J connectivity index is 3.16. The van der Waals surface area contributed by atoms with E-state index in [1.807, 2.05) is 18.2 Å². The largest absolute Gasteiger partial charge is 0.298 e. The van der Waals surface area contributed by atoms with Crippen LogP contribution in [-0.2, 0) is 10.1 Å². The summed E-state index contributed by atoms with van der Waals surface area (Å²) >= 11 is 13.6. The molecule has 0 heterocycles. The van der Waals surface area contributed by atoms with Crippen molar-refractivity contribution in [2.75, 3.05) is 0 Å². The van der Waals surface area contributed by atoms with E-state index < -0.39 is 5.38 Å². The van der Waals surface area contributed by atoms with Gasteiger partial charge in [-0.25, -0.2) is 0 Å². The van der Waals surface area contributed by atoms with Crippen molar-refractivity contribution in [2.45, 2.75) is 22.5 Å². The van der Waals surface area contributed by atoms with Crippen molar-refractivity contribution >= 4 is 45.9 Å². The Morgan fingerprint density at radius 2 is 2.29 bits per heavy atom. The number of halogens is 2. The number of thiol groups is 1. The third kappa shape index (κ3) is 2.75. The lowest BCUT2D eigenvalue weighted by Crippen LogP contribution is -2.04. The Morgan fingerprint density at radius 3 is 2.79 bits per heavy atom. The first-order valence-electron chi connectivity index (χ1n) is 4.08. The van der Waals surface area contributed by atoms with Gasteiger partial charge in [-0.15, -0.1) is 24.2 Å². The number of benzene rings is 1. The number of hydrogen-bond acceptors (Lipinski definition) is 2. The number of carbonyl (C=O) groups excluding carboxylic acids is 1. The normalized spacial score (nSPS) is 12.6. The first-order chi connectivity index (χ1) is 6.56. The summed E-state index contributed by atoms with van der Waals surface area (Å²) in [5.74, 6) is -0.0483. The summed E-state index contributed by atoms with van der Waals surface area (Å²) in [6, 6.07) is 5.64. The topological polar surface area (TPSA) is 17.1 Å². The average molecular weight is 294 g/mol. The van der Waals surface area contributed by atoms with Crippen LogP contribution in [0.2, 0.25) is 0 Å². The maximum atomic E-state index is 11.2. The Morgan fingerprint density at radius 1 is 1.64 bits per heavy atom. The fourth-order valence-corrected chi connectivity index (χ4v) is 2.09. The molecule has 1 atom stereocenters. The van der Waals surface area contributed by atoms with Gasteiger partial charge in [0, 0.05) is 10.2 Å². The zero-order valence-corrected chi connectivity index (χ0v) is 10.9. The molecular weight excluding hydrogens is 284 g/mol. The van der Waals surface area contributed by atoms with E-state index in [0.29, 0.717) is 5.33 Å². The van der Waals surface area contributed by atoms with Gasteiger partial charge in [-0.1, -0.05) is 22.0 Å². The van der Waals surface area contributed by atoms with Crippen LogP contribution in [0.15, 0.2) is 23.1 Å². The van der Waals surface area contributed by atoms with Crippen molar-refractivity contribution < 1.29 is 4.79 Å². The molecular formula is C10H10BrClOS. The highest BCUT2D eigenvalue weighted by atomic mass is 79.9. The lowest BCUT2D eigenvalue weighted by molar-refractivity contribution is -0.116. The van der Waals surface area contributed by atoms with Gasteiger partial charge in [-0.05, 0) is 30.2 Å². The van der Waals surface area contributed by atoms with Crippen LogP contribution in [0, 0.1) is 0 Å². The molecule has 0 aliphatic heterocycles. The second kappa shape index (κ2) is 5.19. The van der Waals surface area contributed by atoms with E-state index in [2.05, 4.69) is 28.6 Å². The minimum absolute atomic E-state index is 0.0483. The molecule has 1 nitrogen and oxygen atoms in total. The van der Waals surface area contributed by atoms with E-state index in [0.717, 1.165) is 16.0 Å². The summed E-state index contributed by atoms with van der Waals surface area (Å²) in [5.41, 5.74) is 1.86. The SMILES string of the molecule is CC(=O)C(Cl)c1cc(S)ccc1CBr. The van der Waals surface area contributed by atoms with Crippen LogP contribution < -0.4 is 0 Å². The summed E-state index contributed by atoms with van der Waals surface area (Å²) in [7, 11) is 0. The van der Waals surface area contributed by atoms with Gasteiger partial charge in [0.15, 0.2) is 5.78 Å². The summed E-state index contributed by atoms with van der Waals surface area (Å²) < 4.78 is 0. The minimum Gasteiger partial charge on any atom is -0.298 e. The highest BCUT2D eigenvalue weighted by molar-refractivity contribution is 9.08. The average Bonchev–Trinajstić information content (AvgIpc) is 2.16. The van der Waals surface area contributed by atoms with E-state index in [9.17, 15) is 4.79 Å². The first kappa shape index (κ1) is 12.1. The standard InChI is InChI=1S/C10H10BrClOS/c1-6(13)10(12)9-4-8(14)3-2-7(9)5-11/h2-4,10,14H,5H2,1H3. The fraction of sp³-hybridized carbons (Fsp3) is 0.300. The molecule has 1 rings (SSSR count). The number of rotatable bonds is 3. The van der Waals surface area contributed by atoms with Gasteiger partial charge < -0.3 is 0 Å². The van der Waals surface area contributed by atoms with Gasteiger partial charge in [-0.3, -0.25) is 4.79 Å². The molecule has 0 aromatic heterocycles. The Labute approximate surface area is 102 Å². The first-order valence-corrected chi connectivity index (χ1v) is 6.09. The third-order valence-electron chi connectivity index (χ3n) is 1.90. The fourth-order valence-electron chi connectivity index (χ4n) is 1.16. The van der Waals surface area contributed by atoms with Crippen LogP contribution in [-0.4, -0.2) is 5.78 Å². The van der Waals surface area contributed by atoms with Crippen LogP contribution >= 0.6 is 40.2 Å². The quantitative estimate of drug-likeness (QED) is 0.663. The monoisotopic (exact) mass is 292 g/mol. The molecule has 0 aliphatic carbocycles. The molecule has 1 unspecified atom stereocenters. The van der Waals surface area contributed by atoms with E-state index in [1.54, 1.807) is 0 Å². The van der Waals surface area contributed by atoms with Crippen molar-refractivity contribution in [1.29, 1.82) is 0 Å². The van der Waals surface area contributed by atoms with Crippen LogP contribution in [0.4, 0.5) is 0 Å². The molecule has 0 aliphatic rings. The number of ketones is 1. The molecule has 0 saturated heterocycles. The number of hydrogen-bond donors (Lipinski definition) is 1. The van der Waals surface area contributed by atoms with Crippen molar-refractivity contribution in [3.05, 3.63) is 29.3 Å². The van der Waals surface area contributed by atoms with Crippen molar-refractivity contribution in [3.8, 4) is 0 Å². The lowest BCUT2D eigenvalue weighted by Gasteiger charge is -2.11. The van der Waals surface area contributed by atoms with Gasteiger partial charge in [0.05, 0.1) is 0 Å². The highest BCUT2D eigenvalue weighted by Gasteiger charge is 2.16. The molecule has 4 heteroatoms. The van der Waals surface area contributed by atoms with Gasteiger partial charge in [0.2, 0.25) is 0 Å². The molecule has 0 saturated carbocycles. The molecule has 0 radical (unpaired) electrons. The number of carbonyl (C=O) groups is 1. The molecule has 0 fully saturated rings. The van der Waals surface area contributed by atoms with Gasteiger partial charge >= 0.3 is 0 Å². The maximum Gasteiger partial charge on any atom is 0.152 e. The van der Waals surface area contributed by atoms with Crippen LogP contribution in [0.1, 0.15) is 23.4 Å². The minimum atomic E-state index is -0.574. The lowest BCUT2D eigenvalue weighted by atomic mass is 10.0. The summed E-state index contributed by atoms with van der Waals surface area (Å²) in [6.07, 6.45) is 0. The predicted molar refractivity (Wildman–Crippen MR) is 65.6 cm³/mol. The predicted octanol–water partition coefficient (Wildman–Crippen LogP) is 3.74. The van der Waals surface area contributed by atoms with Gasteiger partial charge in [-0.2, -0.15) is 0 Å². The molecule has 0 spiro atoms. The zero-order valence-electron chi connectivity index (χ0n) is 7.63. The number of alkyl halides is 2. The second-order valence-electron chi connectivity index (χ2n) is 2.99. The van der Waals surface area contributed by atoms with E-state index in [1.165, 1.54) is 6.92 Å². The molecule has 1 aromatic carbocycles. The molecule has 76 valence electrons. The van der Waals surface area contributed by atoms with Crippen molar-refractivity contribution in [3.63, 3.8) is 0 Å². The Hall–Kier alpha value is 0.01000. The molecule has 1 aromatic rings. The van der Waals surface area contributed by atoms with Crippen LogP contribution in [0.3, 0.4) is 0 Å². The number of Topliss-reactive ketones (excluding diaryl/α,β-unsaturated/α-hetero) is 1.